The lowest BCUT2D eigenvalue weighted by molar-refractivity contribution is -0.124. The predicted molar refractivity (Wildman–Crippen MR) is 68.6 cm³/mol. The Bertz CT molecular complexity index is 241. The molecule has 0 radical (unpaired) electrons. The van der Waals surface area contributed by atoms with Crippen LogP contribution in [0.25, 0.3) is 0 Å². The molecular weight excluding hydrogens is 214 g/mol. The Kier molecular flexibility index (Phi) is 4.80. The molecule has 98 valence electrons. The normalized spacial score (nSPS) is 35.0. The lowest BCUT2D eigenvalue weighted by Crippen LogP contribution is -2.49. The Morgan fingerprint density at radius 1 is 1.06 bits per heavy atom. The van der Waals surface area contributed by atoms with Crippen LogP contribution in [-0.4, -0.2) is 30.6 Å². The molecule has 1 unspecified atom stereocenters. The average Bonchev–Trinajstić information content (AvgIpc) is 2.61. The van der Waals surface area contributed by atoms with Gasteiger partial charge in [0, 0.05) is 12.1 Å². The molecule has 1 saturated carbocycles. The van der Waals surface area contributed by atoms with Crippen molar-refractivity contribution in [3.05, 3.63) is 0 Å². The monoisotopic (exact) mass is 239 g/mol. The molecule has 1 aliphatic heterocycles. The number of carbonyl (C=O) groups is 1. The number of nitrogens with two attached hydrogens (primary N) is 1. The maximum Gasteiger partial charge on any atom is 0.237 e. The van der Waals surface area contributed by atoms with Crippen molar-refractivity contribution < 1.29 is 4.79 Å². The molecule has 0 aromatic carbocycles. The van der Waals surface area contributed by atoms with Crippen molar-refractivity contribution in [1.29, 1.82) is 0 Å². The minimum absolute atomic E-state index is 0.0353. The van der Waals surface area contributed by atoms with Crippen LogP contribution in [0.2, 0.25) is 0 Å². The summed E-state index contributed by atoms with van der Waals surface area (Å²) < 4.78 is 0. The van der Waals surface area contributed by atoms with Gasteiger partial charge in [0.15, 0.2) is 0 Å². The van der Waals surface area contributed by atoms with Gasteiger partial charge in [-0.25, -0.2) is 0 Å². The molecule has 2 aliphatic rings. The molecule has 0 aromatic rings. The third kappa shape index (κ3) is 3.96. The SMILES string of the molecule is NC1CCC(NC(=O)C2CCCCCN2)CC1. The first-order valence-electron chi connectivity index (χ1n) is 7.05. The smallest absolute Gasteiger partial charge is 0.237 e. The molecule has 2 fully saturated rings. The molecule has 1 saturated heterocycles. The Morgan fingerprint density at radius 3 is 2.59 bits per heavy atom. The Labute approximate surface area is 104 Å². The van der Waals surface area contributed by atoms with Gasteiger partial charge in [-0.3, -0.25) is 4.79 Å². The van der Waals surface area contributed by atoms with E-state index in [1.807, 2.05) is 0 Å². The van der Waals surface area contributed by atoms with Crippen LogP contribution in [0.3, 0.4) is 0 Å². The molecule has 17 heavy (non-hydrogen) atoms. The van der Waals surface area contributed by atoms with Crippen LogP contribution in [0.5, 0.6) is 0 Å². The van der Waals surface area contributed by atoms with Gasteiger partial charge in [0.05, 0.1) is 6.04 Å². The number of nitrogens with one attached hydrogen (secondary N) is 2. The fourth-order valence-corrected chi connectivity index (χ4v) is 2.82. The van der Waals surface area contributed by atoms with Crippen LogP contribution in [-0.2, 0) is 4.79 Å². The highest BCUT2D eigenvalue weighted by atomic mass is 16.2. The van der Waals surface area contributed by atoms with E-state index in [9.17, 15) is 4.79 Å². The summed E-state index contributed by atoms with van der Waals surface area (Å²) in [6, 6.07) is 0.736. The Hall–Kier alpha value is -0.610. The van der Waals surface area contributed by atoms with Crippen LogP contribution < -0.4 is 16.4 Å². The van der Waals surface area contributed by atoms with E-state index in [1.165, 1.54) is 19.3 Å². The summed E-state index contributed by atoms with van der Waals surface area (Å²) in [5, 5.41) is 6.52. The second-order valence-electron chi connectivity index (χ2n) is 5.48. The number of carbonyl (C=O) groups excluding carboxylic acids is 1. The first-order valence-corrected chi connectivity index (χ1v) is 7.05. The second kappa shape index (κ2) is 6.36. The highest BCUT2D eigenvalue weighted by Gasteiger charge is 2.24. The molecule has 1 heterocycles. The summed E-state index contributed by atoms with van der Waals surface area (Å²) in [4.78, 5) is 12.1. The Morgan fingerprint density at radius 2 is 1.82 bits per heavy atom. The number of hydrogen-bond donors (Lipinski definition) is 3. The quantitative estimate of drug-likeness (QED) is 0.671. The van der Waals surface area contributed by atoms with Crippen LogP contribution in [0.4, 0.5) is 0 Å². The van der Waals surface area contributed by atoms with Crippen molar-refractivity contribution in [2.75, 3.05) is 6.54 Å². The van der Waals surface area contributed by atoms with Gasteiger partial charge < -0.3 is 16.4 Å². The van der Waals surface area contributed by atoms with Crippen LogP contribution in [0, 0.1) is 0 Å². The van der Waals surface area contributed by atoms with E-state index in [1.54, 1.807) is 0 Å². The molecular formula is C13H25N3O. The van der Waals surface area contributed by atoms with E-state index in [2.05, 4.69) is 10.6 Å². The molecule has 1 aliphatic carbocycles. The maximum absolute atomic E-state index is 12.1. The fraction of sp³-hybridized carbons (Fsp3) is 0.923. The van der Waals surface area contributed by atoms with Crippen molar-refractivity contribution >= 4 is 5.91 Å². The molecule has 1 atom stereocenters. The molecule has 4 heteroatoms. The lowest BCUT2D eigenvalue weighted by Gasteiger charge is -2.28. The third-order valence-corrected chi connectivity index (χ3v) is 4.00. The highest BCUT2D eigenvalue weighted by Crippen LogP contribution is 2.17. The van der Waals surface area contributed by atoms with Crippen LogP contribution in [0.15, 0.2) is 0 Å². The zero-order valence-electron chi connectivity index (χ0n) is 10.6. The third-order valence-electron chi connectivity index (χ3n) is 4.00. The molecule has 4 N–H and O–H groups in total. The number of hydrogen-bond acceptors (Lipinski definition) is 3. The topological polar surface area (TPSA) is 67.1 Å². The molecule has 0 spiro atoms. The van der Waals surface area contributed by atoms with E-state index >= 15 is 0 Å². The van der Waals surface area contributed by atoms with Crippen molar-refractivity contribution in [2.45, 2.75) is 69.5 Å². The summed E-state index contributed by atoms with van der Waals surface area (Å²) in [6.07, 6.45) is 8.77. The first-order chi connectivity index (χ1) is 8.25. The van der Waals surface area contributed by atoms with Gasteiger partial charge in [-0.05, 0) is 45.1 Å². The van der Waals surface area contributed by atoms with Crippen molar-refractivity contribution in [3.8, 4) is 0 Å². The van der Waals surface area contributed by atoms with E-state index in [4.69, 9.17) is 5.73 Å². The molecule has 0 bridgehead atoms. The van der Waals surface area contributed by atoms with Gasteiger partial charge in [0.25, 0.3) is 0 Å². The van der Waals surface area contributed by atoms with Crippen molar-refractivity contribution in [1.82, 2.24) is 10.6 Å². The Balaban J connectivity index is 1.75. The molecule has 1 amide bonds. The summed E-state index contributed by atoms with van der Waals surface area (Å²) in [5.41, 5.74) is 5.87. The number of rotatable bonds is 2. The summed E-state index contributed by atoms with van der Waals surface area (Å²) in [7, 11) is 0. The highest BCUT2D eigenvalue weighted by molar-refractivity contribution is 5.82. The van der Waals surface area contributed by atoms with Gasteiger partial charge in [0.1, 0.15) is 0 Å². The minimum Gasteiger partial charge on any atom is -0.352 e. The fourth-order valence-electron chi connectivity index (χ4n) is 2.82. The molecule has 0 aromatic heterocycles. The lowest BCUT2D eigenvalue weighted by atomic mass is 9.91. The second-order valence-corrected chi connectivity index (χ2v) is 5.48. The summed E-state index contributed by atoms with van der Waals surface area (Å²) in [5.74, 6) is 0.201. The van der Waals surface area contributed by atoms with E-state index in [0.717, 1.165) is 38.6 Å². The summed E-state index contributed by atoms with van der Waals surface area (Å²) in [6.45, 7) is 0.980. The van der Waals surface area contributed by atoms with Crippen LogP contribution >= 0.6 is 0 Å². The van der Waals surface area contributed by atoms with E-state index in [0.29, 0.717) is 12.1 Å². The predicted octanol–water partition coefficient (Wildman–Crippen LogP) is 0.905. The van der Waals surface area contributed by atoms with Gasteiger partial charge >= 0.3 is 0 Å². The van der Waals surface area contributed by atoms with Crippen molar-refractivity contribution in [3.63, 3.8) is 0 Å². The zero-order valence-corrected chi connectivity index (χ0v) is 10.6. The minimum atomic E-state index is 0.0353. The standard InChI is InChI=1S/C13H25N3O/c14-10-5-7-11(8-6-10)16-13(17)12-4-2-1-3-9-15-12/h10-12,15H,1-9,14H2,(H,16,17). The maximum atomic E-state index is 12.1. The van der Waals surface area contributed by atoms with Gasteiger partial charge in [-0.1, -0.05) is 12.8 Å². The molecule has 4 nitrogen and oxygen atoms in total. The van der Waals surface area contributed by atoms with Crippen molar-refractivity contribution in [2.24, 2.45) is 5.73 Å². The van der Waals surface area contributed by atoms with E-state index in [-0.39, 0.29) is 11.9 Å². The largest absolute Gasteiger partial charge is 0.352 e. The molecule has 2 rings (SSSR count). The zero-order chi connectivity index (χ0) is 12.1. The summed E-state index contributed by atoms with van der Waals surface area (Å²) >= 11 is 0. The van der Waals surface area contributed by atoms with Crippen LogP contribution in [0.1, 0.15) is 51.4 Å². The van der Waals surface area contributed by atoms with Gasteiger partial charge in [0.2, 0.25) is 5.91 Å². The van der Waals surface area contributed by atoms with Gasteiger partial charge in [-0.2, -0.15) is 0 Å². The van der Waals surface area contributed by atoms with E-state index < -0.39 is 0 Å². The van der Waals surface area contributed by atoms with Gasteiger partial charge in [-0.15, -0.1) is 0 Å². The first kappa shape index (κ1) is 12.8. The average molecular weight is 239 g/mol. The number of amides is 1.